The van der Waals surface area contributed by atoms with Gasteiger partial charge in [-0.1, -0.05) is 18.2 Å². The minimum atomic E-state index is -3.55. The Bertz CT molecular complexity index is 473. The Morgan fingerprint density at radius 2 is 1.72 bits per heavy atom. The number of carbonyl (C=O) groups excluding carboxylic acids is 1. The molecule has 0 aliphatic carbocycles. The summed E-state index contributed by atoms with van der Waals surface area (Å²) in [7, 11) is -1.09. The first-order chi connectivity index (χ1) is 8.57. The fourth-order valence-electron chi connectivity index (χ4n) is 1.26. The summed E-state index contributed by atoms with van der Waals surface area (Å²) in [6.45, 7) is 1.58. The van der Waals surface area contributed by atoms with Crippen molar-refractivity contribution in [2.75, 3.05) is 14.2 Å². The molecule has 0 aromatic heterocycles. The maximum absolute atomic E-state index is 12.1. The van der Waals surface area contributed by atoms with Crippen LogP contribution in [0.4, 0.5) is 0 Å². The fourth-order valence-corrected chi connectivity index (χ4v) is 2.28. The summed E-state index contributed by atoms with van der Waals surface area (Å²) in [4.78, 5) is 11.8. The monoisotopic (exact) mass is 270 g/mol. The van der Waals surface area contributed by atoms with Gasteiger partial charge in [0.1, 0.15) is 0 Å². The lowest BCUT2D eigenvalue weighted by atomic mass is 10.2. The molecule has 0 saturated heterocycles. The molecule has 0 unspecified atom stereocenters. The van der Waals surface area contributed by atoms with Gasteiger partial charge in [0.2, 0.25) is 5.50 Å². The lowest BCUT2D eigenvalue weighted by Gasteiger charge is -2.16. The van der Waals surface area contributed by atoms with Crippen LogP contribution < -0.4 is 0 Å². The Labute approximate surface area is 106 Å². The van der Waals surface area contributed by atoms with E-state index in [1.807, 2.05) is 0 Å². The van der Waals surface area contributed by atoms with Crippen LogP contribution in [0.2, 0.25) is 0 Å². The zero-order valence-electron chi connectivity index (χ0n) is 10.5. The predicted octanol–water partition coefficient (Wildman–Crippen LogP) is 3.19. The summed E-state index contributed by atoms with van der Waals surface area (Å²) in [5.74, 6) is -0.613. The quantitative estimate of drug-likeness (QED) is 0.467. The van der Waals surface area contributed by atoms with Crippen LogP contribution in [0, 0.1) is 0 Å². The third-order valence-electron chi connectivity index (χ3n) is 2.20. The summed E-state index contributed by atoms with van der Waals surface area (Å²) < 4.78 is 26.6. The summed E-state index contributed by atoms with van der Waals surface area (Å²) >= 11 is 0. The Morgan fingerprint density at radius 3 is 2.17 bits per heavy atom. The molecule has 6 heteroatoms. The van der Waals surface area contributed by atoms with E-state index in [0.717, 1.165) is 0 Å². The third kappa shape index (κ3) is 3.29. The van der Waals surface area contributed by atoms with Crippen molar-refractivity contribution in [2.45, 2.75) is 6.92 Å². The highest BCUT2D eigenvalue weighted by atomic mass is 31.2. The van der Waals surface area contributed by atoms with E-state index in [0.29, 0.717) is 5.56 Å². The van der Waals surface area contributed by atoms with E-state index in [-0.39, 0.29) is 5.50 Å². The molecule has 0 radical (unpaired) electrons. The summed E-state index contributed by atoms with van der Waals surface area (Å²) in [6, 6.07) is 8.39. The zero-order chi connectivity index (χ0) is 13.6. The standard InChI is InChI=1S/C12H15O5P/c1-4-11(18(14,15-2)16-3)17-12(13)10-8-6-5-7-9-10/h4-9H,1-3H3/b11-4+. The average Bonchev–Trinajstić information content (AvgIpc) is 2.44. The normalized spacial score (nSPS) is 12.3. The lowest BCUT2D eigenvalue weighted by molar-refractivity contribution is 0.0631. The molecule has 0 heterocycles. The molecular formula is C12H15O5P. The van der Waals surface area contributed by atoms with Gasteiger partial charge in [-0.2, -0.15) is 0 Å². The largest absolute Gasteiger partial charge is 0.415 e. The fraction of sp³-hybridized carbons (Fsp3) is 0.250. The van der Waals surface area contributed by atoms with Crippen molar-refractivity contribution in [3.63, 3.8) is 0 Å². The van der Waals surface area contributed by atoms with E-state index < -0.39 is 13.6 Å². The van der Waals surface area contributed by atoms with Crippen LogP contribution in [-0.4, -0.2) is 20.2 Å². The first-order valence-electron chi connectivity index (χ1n) is 5.23. The second-order valence-corrected chi connectivity index (χ2v) is 5.41. The summed E-state index contributed by atoms with van der Waals surface area (Å²) in [5.41, 5.74) is 0.233. The maximum atomic E-state index is 12.1. The molecular weight excluding hydrogens is 255 g/mol. The Kier molecular flexibility index (Phi) is 5.28. The molecule has 1 rings (SSSR count). The predicted molar refractivity (Wildman–Crippen MR) is 67.2 cm³/mol. The van der Waals surface area contributed by atoms with Crippen LogP contribution in [0.5, 0.6) is 0 Å². The molecule has 1 aromatic rings. The van der Waals surface area contributed by atoms with Crippen LogP contribution in [0.3, 0.4) is 0 Å². The molecule has 0 amide bonds. The van der Waals surface area contributed by atoms with E-state index in [9.17, 15) is 9.36 Å². The molecule has 0 aliphatic heterocycles. The van der Waals surface area contributed by atoms with E-state index in [1.54, 1.807) is 37.3 Å². The average molecular weight is 270 g/mol. The minimum absolute atomic E-state index is 0.124. The Hall–Kier alpha value is -1.42. The maximum Gasteiger partial charge on any atom is 0.395 e. The van der Waals surface area contributed by atoms with Crippen molar-refractivity contribution >= 4 is 13.6 Å². The smallest absolute Gasteiger partial charge is 0.395 e. The Morgan fingerprint density at radius 1 is 1.17 bits per heavy atom. The van der Waals surface area contributed by atoms with Crippen molar-refractivity contribution in [3.8, 4) is 0 Å². The second-order valence-electron chi connectivity index (χ2n) is 3.25. The molecule has 1 aromatic carbocycles. The number of benzene rings is 1. The number of hydrogen-bond acceptors (Lipinski definition) is 5. The topological polar surface area (TPSA) is 61.8 Å². The molecule has 18 heavy (non-hydrogen) atoms. The van der Waals surface area contributed by atoms with Gasteiger partial charge in [-0.15, -0.1) is 0 Å². The third-order valence-corrected chi connectivity index (χ3v) is 4.06. The van der Waals surface area contributed by atoms with Gasteiger partial charge in [0.05, 0.1) is 5.56 Å². The van der Waals surface area contributed by atoms with Gasteiger partial charge in [0.25, 0.3) is 0 Å². The molecule has 0 bridgehead atoms. The molecule has 0 aliphatic rings. The molecule has 5 nitrogen and oxygen atoms in total. The van der Waals surface area contributed by atoms with Crippen molar-refractivity contribution in [2.24, 2.45) is 0 Å². The van der Waals surface area contributed by atoms with Crippen LogP contribution in [0.25, 0.3) is 0 Å². The first kappa shape index (κ1) is 14.6. The lowest BCUT2D eigenvalue weighted by Crippen LogP contribution is -2.06. The van der Waals surface area contributed by atoms with Crippen LogP contribution in [0.15, 0.2) is 41.9 Å². The van der Waals surface area contributed by atoms with E-state index >= 15 is 0 Å². The number of hydrogen-bond donors (Lipinski definition) is 0. The van der Waals surface area contributed by atoms with Gasteiger partial charge in [0.15, 0.2) is 0 Å². The van der Waals surface area contributed by atoms with Crippen molar-refractivity contribution in [3.05, 3.63) is 47.5 Å². The molecule has 0 atom stereocenters. The first-order valence-corrected chi connectivity index (χ1v) is 6.77. The highest BCUT2D eigenvalue weighted by Crippen LogP contribution is 2.55. The summed E-state index contributed by atoms with van der Waals surface area (Å²) in [6.07, 6.45) is 1.38. The number of allylic oxidation sites excluding steroid dienone is 1. The summed E-state index contributed by atoms with van der Waals surface area (Å²) in [5, 5.41) is 0. The van der Waals surface area contributed by atoms with Gasteiger partial charge in [-0.3, -0.25) is 4.57 Å². The number of esters is 1. The van der Waals surface area contributed by atoms with Gasteiger partial charge in [-0.05, 0) is 25.1 Å². The van der Waals surface area contributed by atoms with Gasteiger partial charge >= 0.3 is 13.6 Å². The molecule has 0 saturated carbocycles. The molecule has 98 valence electrons. The van der Waals surface area contributed by atoms with E-state index in [4.69, 9.17) is 13.8 Å². The molecule has 0 spiro atoms. The molecule has 0 fully saturated rings. The van der Waals surface area contributed by atoms with Crippen molar-refractivity contribution in [1.29, 1.82) is 0 Å². The van der Waals surface area contributed by atoms with Gasteiger partial charge in [0, 0.05) is 14.2 Å². The highest BCUT2D eigenvalue weighted by molar-refractivity contribution is 7.58. The van der Waals surface area contributed by atoms with Gasteiger partial charge in [-0.25, -0.2) is 4.79 Å². The Balaban J connectivity index is 2.90. The SMILES string of the molecule is C/C=C(\OC(=O)c1ccccc1)P(=O)(OC)OC. The van der Waals surface area contributed by atoms with Crippen LogP contribution >= 0.6 is 7.60 Å². The number of carbonyl (C=O) groups is 1. The number of rotatable bonds is 5. The number of ether oxygens (including phenoxy) is 1. The van der Waals surface area contributed by atoms with Crippen molar-refractivity contribution < 1.29 is 23.1 Å². The van der Waals surface area contributed by atoms with Crippen LogP contribution in [0.1, 0.15) is 17.3 Å². The molecule has 0 N–H and O–H groups in total. The van der Waals surface area contributed by atoms with Gasteiger partial charge < -0.3 is 13.8 Å². The van der Waals surface area contributed by atoms with E-state index in [1.165, 1.54) is 20.3 Å². The zero-order valence-corrected chi connectivity index (χ0v) is 11.3. The van der Waals surface area contributed by atoms with Crippen LogP contribution in [-0.2, 0) is 18.3 Å². The minimum Gasteiger partial charge on any atom is -0.415 e. The second kappa shape index (κ2) is 6.50. The van der Waals surface area contributed by atoms with E-state index in [2.05, 4.69) is 0 Å². The van der Waals surface area contributed by atoms with Crippen molar-refractivity contribution in [1.82, 2.24) is 0 Å². The highest BCUT2D eigenvalue weighted by Gasteiger charge is 2.31.